The molecule has 5 aromatic carbocycles. The predicted octanol–water partition coefficient (Wildman–Crippen LogP) is 6.07. The molecule has 348 valence electrons. The lowest BCUT2D eigenvalue weighted by Crippen LogP contribution is -2.56. The van der Waals surface area contributed by atoms with E-state index in [2.05, 4.69) is 26.6 Å². The first kappa shape index (κ1) is 49.4. The summed E-state index contributed by atoms with van der Waals surface area (Å²) < 4.78 is 16.8. The lowest BCUT2D eigenvalue weighted by atomic mass is 10.1. The van der Waals surface area contributed by atoms with Crippen LogP contribution < -0.4 is 41.8 Å². The van der Waals surface area contributed by atoms with Crippen LogP contribution in [0.5, 0.6) is 17.2 Å². The Kier molecular flexibility index (Phi) is 16.1. The van der Waals surface area contributed by atoms with Gasteiger partial charge in [0, 0.05) is 52.9 Å². The van der Waals surface area contributed by atoms with Crippen molar-refractivity contribution in [3.8, 4) is 17.2 Å². The Hall–Kier alpha value is -8.65. The fourth-order valence-electron chi connectivity index (χ4n) is 6.28. The van der Waals surface area contributed by atoms with Gasteiger partial charge in [0.1, 0.15) is 11.8 Å². The number of ether oxygens (including phenoxy) is 3. The van der Waals surface area contributed by atoms with Crippen molar-refractivity contribution in [1.29, 1.82) is 0 Å². The number of phenolic OH excluding ortho intramolecular Hbond substituents is 1. The second-order valence-corrected chi connectivity index (χ2v) is 15.3. The van der Waals surface area contributed by atoms with Gasteiger partial charge in [-0.1, -0.05) is 0 Å². The molecule has 8 N–H and O–H groups in total. The predicted molar refractivity (Wildman–Crippen MR) is 246 cm³/mol. The topological polar surface area (TPSA) is 297 Å². The van der Waals surface area contributed by atoms with Gasteiger partial charge in [-0.15, -0.1) is 0 Å². The number of ketones is 1. The third-order valence-corrected chi connectivity index (χ3v) is 9.54. The van der Waals surface area contributed by atoms with Crippen molar-refractivity contribution in [2.75, 3.05) is 28.4 Å². The van der Waals surface area contributed by atoms with Crippen LogP contribution in [0.2, 0.25) is 0 Å². The fraction of sp³-hybridized carbons (Fsp3) is 0.213. The summed E-state index contributed by atoms with van der Waals surface area (Å²) >= 11 is 0. The molecule has 0 bridgehead atoms. The first-order valence-corrected chi connectivity index (χ1v) is 20.4. The number of phenols is 1. The molecular formula is C47H47N7O13. The van der Waals surface area contributed by atoms with Gasteiger partial charge >= 0.3 is 0 Å². The fourth-order valence-corrected chi connectivity index (χ4v) is 6.28. The molecule has 0 aliphatic heterocycles. The van der Waals surface area contributed by atoms with Gasteiger partial charge in [0.25, 0.3) is 29.3 Å². The first-order valence-electron chi connectivity index (χ1n) is 20.4. The zero-order valence-electron chi connectivity index (χ0n) is 37.0. The van der Waals surface area contributed by atoms with Gasteiger partial charge in [0.15, 0.2) is 23.4 Å². The number of carbonyl (C=O) groups is 7. The average Bonchev–Trinajstić information content (AvgIpc) is 3.28. The Labute approximate surface area is 383 Å². The molecule has 0 aliphatic carbocycles. The van der Waals surface area contributed by atoms with Crippen molar-refractivity contribution in [2.45, 2.75) is 59.0 Å². The number of nitro groups is 1. The lowest BCUT2D eigenvalue weighted by molar-refractivity contribution is -0.384. The molecule has 2 unspecified atom stereocenters. The number of non-ortho nitro benzene ring substituents is 1. The number of primary amides is 1. The van der Waals surface area contributed by atoms with Crippen LogP contribution in [-0.4, -0.2) is 82.7 Å². The van der Waals surface area contributed by atoms with Gasteiger partial charge in [-0.05, 0) is 126 Å². The van der Waals surface area contributed by atoms with Crippen molar-refractivity contribution in [1.82, 2.24) is 5.32 Å². The van der Waals surface area contributed by atoms with E-state index in [1.807, 2.05) is 0 Å². The van der Waals surface area contributed by atoms with Crippen LogP contribution in [0.1, 0.15) is 86.4 Å². The monoisotopic (exact) mass is 917 g/mol. The quantitative estimate of drug-likeness (QED) is 0.0281. The largest absolute Gasteiger partial charge is 0.504 e. The van der Waals surface area contributed by atoms with Gasteiger partial charge in [0.05, 0.1) is 34.1 Å². The molecule has 0 radical (unpaired) electrons. The number of aromatic hydroxyl groups is 1. The Morgan fingerprint density at radius 1 is 0.627 bits per heavy atom. The van der Waals surface area contributed by atoms with E-state index in [0.29, 0.717) is 5.56 Å². The summed E-state index contributed by atoms with van der Waals surface area (Å²) in [5.74, 6) is -5.46. The number of carbonyl (C=O) groups excluding carboxylic acids is 7. The number of nitro benzene ring substituents is 1. The van der Waals surface area contributed by atoms with Crippen LogP contribution >= 0.6 is 0 Å². The normalized spacial score (nSPS) is 11.7. The van der Waals surface area contributed by atoms with E-state index in [1.165, 1.54) is 110 Å². The van der Waals surface area contributed by atoms with E-state index in [0.717, 1.165) is 7.11 Å². The third kappa shape index (κ3) is 12.8. The van der Waals surface area contributed by atoms with Crippen molar-refractivity contribution in [2.24, 2.45) is 5.73 Å². The standard InChI is InChI=1S/C47H47N7O13/c1-24(2)66-37-23-30(26(5)55)13-21-35(37)51-46(61)34-20-22-36(40(39(34)56)67-25(3)4)52-44(59)27-7-16-32(17-8-27)50-47(62)38(41(65-6)42(48)57)53-45(60)28-9-14-31(15-10-28)49-43(58)29-11-18-33(19-12-29)54(63)64/h7-25,38,41,56H,1-6H3,(H2,48,57)(H,49,58)(H,50,62)(H,51,61)(H,52,59)(H,53,60). The van der Waals surface area contributed by atoms with Crippen molar-refractivity contribution >= 4 is 69.7 Å². The number of nitrogens with one attached hydrogen (secondary N) is 5. The summed E-state index contributed by atoms with van der Waals surface area (Å²) in [4.78, 5) is 101. The number of anilines is 4. The average molecular weight is 918 g/mol. The summed E-state index contributed by atoms with van der Waals surface area (Å²) in [6, 6.07) is 21.5. The molecule has 0 heterocycles. The van der Waals surface area contributed by atoms with E-state index < -0.39 is 64.4 Å². The highest BCUT2D eigenvalue weighted by molar-refractivity contribution is 6.11. The third-order valence-electron chi connectivity index (χ3n) is 9.54. The summed E-state index contributed by atoms with van der Waals surface area (Å²) in [7, 11) is 1.12. The van der Waals surface area contributed by atoms with E-state index in [-0.39, 0.29) is 74.1 Å². The number of methoxy groups -OCH3 is 1. The maximum absolute atomic E-state index is 13.6. The summed E-state index contributed by atoms with van der Waals surface area (Å²) in [6.07, 6.45) is -2.42. The maximum Gasteiger partial charge on any atom is 0.269 e. The van der Waals surface area contributed by atoms with Crippen LogP contribution in [0.4, 0.5) is 28.4 Å². The van der Waals surface area contributed by atoms with Crippen LogP contribution in [0.15, 0.2) is 103 Å². The zero-order valence-corrected chi connectivity index (χ0v) is 37.0. The molecular weight excluding hydrogens is 871 g/mol. The molecule has 5 rings (SSSR count). The minimum atomic E-state index is -1.65. The SMILES string of the molecule is COC(C(N)=O)C(NC(=O)c1ccc(NC(=O)c2ccc([N+](=O)[O-])cc2)cc1)C(=O)Nc1ccc(C(=O)Nc2ccc(C(=O)Nc3ccc(C(C)=O)cc3OC(C)C)c(O)c2OC(C)C)cc1. The van der Waals surface area contributed by atoms with E-state index in [4.69, 9.17) is 19.9 Å². The molecule has 6 amide bonds. The number of nitrogens with two attached hydrogens (primary N) is 1. The molecule has 0 fully saturated rings. The molecule has 67 heavy (non-hydrogen) atoms. The maximum atomic E-state index is 13.6. The summed E-state index contributed by atoms with van der Waals surface area (Å²) in [5.41, 5.74) is 6.46. The number of amides is 6. The molecule has 0 saturated carbocycles. The van der Waals surface area contributed by atoms with Gasteiger partial charge in [0.2, 0.25) is 11.8 Å². The molecule has 2 atom stereocenters. The Morgan fingerprint density at radius 2 is 1.12 bits per heavy atom. The summed E-state index contributed by atoms with van der Waals surface area (Å²) in [5, 5.41) is 35.2. The van der Waals surface area contributed by atoms with E-state index >= 15 is 0 Å². The van der Waals surface area contributed by atoms with Gasteiger partial charge in [-0.2, -0.15) is 0 Å². The number of hydrogen-bond donors (Lipinski definition) is 7. The minimum absolute atomic E-state index is 0.0250. The number of nitrogens with zero attached hydrogens (tertiary/aromatic N) is 1. The molecule has 20 heteroatoms. The van der Waals surface area contributed by atoms with E-state index in [9.17, 15) is 48.8 Å². The second kappa shape index (κ2) is 21.8. The van der Waals surface area contributed by atoms with Crippen LogP contribution in [0.3, 0.4) is 0 Å². The number of rotatable bonds is 19. The van der Waals surface area contributed by atoms with Crippen molar-refractivity contribution < 1.29 is 57.8 Å². The number of hydrogen-bond acceptors (Lipinski definition) is 13. The van der Waals surface area contributed by atoms with Crippen molar-refractivity contribution in [3.05, 3.63) is 141 Å². The van der Waals surface area contributed by atoms with Crippen molar-refractivity contribution in [3.63, 3.8) is 0 Å². The zero-order chi connectivity index (χ0) is 49.1. The van der Waals surface area contributed by atoms with Gasteiger partial charge in [-0.3, -0.25) is 43.7 Å². The first-order chi connectivity index (χ1) is 31.8. The highest BCUT2D eigenvalue weighted by atomic mass is 16.6. The van der Waals surface area contributed by atoms with Crippen LogP contribution in [0, 0.1) is 10.1 Å². The molecule has 20 nitrogen and oxygen atoms in total. The smallest absolute Gasteiger partial charge is 0.269 e. The highest BCUT2D eigenvalue weighted by Crippen LogP contribution is 2.39. The van der Waals surface area contributed by atoms with Gasteiger partial charge in [-0.25, -0.2) is 0 Å². The molecule has 5 aromatic rings. The van der Waals surface area contributed by atoms with Crippen LogP contribution in [0.25, 0.3) is 0 Å². The van der Waals surface area contributed by atoms with Crippen LogP contribution in [-0.2, 0) is 14.3 Å². The molecule has 0 saturated heterocycles. The Balaban J connectivity index is 1.27. The molecule has 0 aliphatic rings. The van der Waals surface area contributed by atoms with E-state index in [1.54, 1.807) is 27.7 Å². The number of Topliss-reactive ketones (excluding diaryl/α,β-unsaturated/α-hetero) is 1. The lowest BCUT2D eigenvalue weighted by Gasteiger charge is -2.24. The molecule has 0 aromatic heterocycles. The Morgan fingerprint density at radius 3 is 1.64 bits per heavy atom. The second-order valence-electron chi connectivity index (χ2n) is 15.3. The van der Waals surface area contributed by atoms with Gasteiger partial charge < -0.3 is 51.6 Å². The number of benzene rings is 5. The highest BCUT2D eigenvalue weighted by Gasteiger charge is 2.35. The summed E-state index contributed by atoms with van der Waals surface area (Å²) in [6.45, 7) is 8.32. The Bertz CT molecular complexity index is 2700. The molecule has 0 spiro atoms. The minimum Gasteiger partial charge on any atom is -0.504 e.